The van der Waals surface area contributed by atoms with Crippen molar-refractivity contribution in [1.82, 2.24) is 5.32 Å². The van der Waals surface area contributed by atoms with Crippen LogP contribution in [0.5, 0.6) is 0 Å². The van der Waals surface area contributed by atoms with Crippen molar-refractivity contribution in [3.8, 4) is 0 Å². The van der Waals surface area contributed by atoms with Crippen LogP contribution in [0.3, 0.4) is 0 Å². The molecule has 110 valence electrons. The lowest BCUT2D eigenvalue weighted by Crippen LogP contribution is -2.48. The van der Waals surface area contributed by atoms with Crippen LogP contribution in [0.1, 0.15) is 47.0 Å². The third-order valence-corrected chi connectivity index (χ3v) is 5.12. The first-order chi connectivity index (χ1) is 8.99. The van der Waals surface area contributed by atoms with Gasteiger partial charge in [-0.05, 0) is 49.6 Å². The average Bonchev–Trinajstić information content (AvgIpc) is 2.26. The summed E-state index contributed by atoms with van der Waals surface area (Å²) in [6.45, 7) is 10.7. The third kappa shape index (κ3) is 3.50. The summed E-state index contributed by atoms with van der Waals surface area (Å²) >= 11 is 0. The molecular formula is C16H29NO2. The summed E-state index contributed by atoms with van der Waals surface area (Å²) < 4.78 is 5.89. The van der Waals surface area contributed by atoms with Crippen molar-refractivity contribution in [3.05, 3.63) is 0 Å². The molecule has 1 saturated carbocycles. The van der Waals surface area contributed by atoms with Gasteiger partial charge in [-0.2, -0.15) is 0 Å². The maximum absolute atomic E-state index is 12.3. The molecule has 3 nitrogen and oxygen atoms in total. The van der Waals surface area contributed by atoms with Gasteiger partial charge in [0.1, 0.15) is 6.10 Å². The molecule has 3 heteroatoms. The molecule has 2 rings (SSSR count). The van der Waals surface area contributed by atoms with Crippen molar-refractivity contribution < 1.29 is 9.53 Å². The summed E-state index contributed by atoms with van der Waals surface area (Å²) in [5.41, 5.74) is 0. The molecule has 4 unspecified atom stereocenters. The number of nitrogens with one attached hydrogen (secondary N) is 1. The zero-order chi connectivity index (χ0) is 14.0. The smallest absolute Gasteiger partial charge is 0.309 e. The SMILES string of the molecule is CC1CCC(C(C)C)C(OC(=O)C(C)C2CNC2)C1. The fraction of sp³-hybridized carbons (Fsp3) is 0.938. The van der Waals surface area contributed by atoms with E-state index < -0.39 is 0 Å². The fourth-order valence-corrected chi connectivity index (χ4v) is 3.36. The molecule has 19 heavy (non-hydrogen) atoms. The van der Waals surface area contributed by atoms with Crippen molar-refractivity contribution in [2.45, 2.75) is 53.1 Å². The molecule has 0 aromatic carbocycles. The molecule has 1 N–H and O–H groups in total. The van der Waals surface area contributed by atoms with Crippen LogP contribution in [-0.2, 0) is 9.53 Å². The van der Waals surface area contributed by atoms with E-state index in [2.05, 4.69) is 26.1 Å². The molecule has 0 radical (unpaired) electrons. The van der Waals surface area contributed by atoms with Crippen LogP contribution in [0.25, 0.3) is 0 Å². The summed E-state index contributed by atoms with van der Waals surface area (Å²) in [6, 6.07) is 0. The van der Waals surface area contributed by atoms with Crippen molar-refractivity contribution in [2.24, 2.45) is 29.6 Å². The largest absolute Gasteiger partial charge is 0.462 e. The van der Waals surface area contributed by atoms with E-state index in [0.29, 0.717) is 23.7 Å². The maximum atomic E-state index is 12.3. The van der Waals surface area contributed by atoms with Crippen LogP contribution in [0.15, 0.2) is 0 Å². The first-order valence-electron chi connectivity index (χ1n) is 7.90. The quantitative estimate of drug-likeness (QED) is 0.796. The Morgan fingerprint density at radius 2 is 1.89 bits per heavy atom. The average molecular weight is 267 g/mol. The summed E-state index contributed by atoms with van der Waals surface area (Å²) in [7, 11) is 0. The van der Waals surface area contributed by atoms with Gasteiger partial charge in [0.2, 0.25) is 0 Å². The van der Waals surface area contributed by atoms with Crippen molar-refractivity contribution >= 4 is 5.97 Å². The molecule has 1 saturated heterocycles. The lowest BCUT2D eigenvalue weighted by Gasteiger charge is -2.38. The van der Waals surface area contributed by atoms with Crippen molar-refractivity contribution in [3.63, 3.8) is 0 Å². The van der Waals surface area contributed by atoms with E-state index >= 15 is 0 Å². The van der Waals surface area contributed by atoms with E-state index in [1.807, 2.05) is 6.92 Å². The molecule has 0 bridgehead atoms. The molecule has 0 amide bonds. The van der Waals surface area contributed by atoms with Gasteiger partial charge in [0.25, 0.3) is 0 Å². The Labute approximate surface area is 117 Å². The highest BCUT2D eigenvalue weighted by molar-refractivity contribution is 5.72. The van der Waals surface area contributed by atoms with Crippen LogP contribution in [0.4, 0.5) is 0 Å². The van der Waals surface area contributed by atoms with E-state index in [0.717, 1.165) is 19.5 Å². The minimum Gasteiger partial charge on any atom is -0.462 e. The Morgan fingerprint density at radius 1 is 1.21 bits per heavy atom. The Morgan fingerprint density at radius 3 is 2.42 bits per heavy atom. The van der Waals surface area contributed by atoms with Gasteiger partial charge in [0, 0.05) is 0 Å². The highest BCUT2D eigenvalue weighted by Gasteiger charge is 2.36. The topological polar surface area (TPSA) is 38.3 Å². The second-order valence-electron chi connectivity index (χ2n) is 7.01. The Balaban J connectivity index is 1.92. The standard InChI is InChI=1S/C16H29NO2/c1-10(2)14-6-5-11(3)7-15(14)19-16(18)12(4)13-8-17-9-13/h10-15,17H,5-9H2,1-4H3. The van der Waals surface area contributed by atoms with Crippen molar-refractivity contribution in [1.29, 1.82) is 0 Å². The molecule has 0 spiro atoms. The highest BCUT2D eigenvalue weighted by atomic mass is 16.5. The second kappa shape index (κ2) is 6.25. The van der Waals surface area contributed by atoms with Gasteiger partial charge in [-0.3, -0.25) is 4.79 Å². The normalized spacial score (nSPS) is 33.8. The van der Waals surface area contributed by atoms with Crippen LogP contribution in [0, 0.1) is 29.6 Å². The van der Waals surface area contributed by atoms with Crippen molar-refractivity contribution in [2.75, 3.05) is 13.1 Å². The Bertz CT molecular complexity index is 312. The minimum absolute atomic E-state index is 0.0243. The molecule has 4 atom stereocenters. The number of rotatable bonds is 4. The van der Waals surface area contributed by atoms with Crippen LogP contribution in [-0.4, -0.2) is 25.2 Å². The molecule has 2 aliphatic rings. The Kier molecular flexibility index (Phi) is 4.88. The second-order valence-corrected chi connectivity index (χ2v) is 7.01. The van der Waals surface area contributed by atoms with Gasteiger partial charge >= 0.3 is 5.97 Å². The zero-order valence-corrected chi connectivity index (χ0v) is 12.8. The monoisotopic (exact) mass is 267 g/mol. The van der Waals surface area contributed by atoms with Gasteiger partial charge in [0.15, 0.2) is 0 Å². The van der Waals surface area contributed by atoms with Crippen LogP contribution in [0.2, 0.25) is 0 Å². The van der Waals surface area contributed by atoms with E-state index in [1.165, 1.54) is 12.8 Å². The van der Waals surface area contributed by atoms with Crippen LogP contribution < -0.4 is 5.32 Å². The number of hydrogen-bond acceptors (Lipinski definition) is 3. The summed E-state index contributed by atoms with van der Waals surface area (Å²) in [5.74, 6) is 2.39. The Hall–Kier alpha value is -0.570. The predicted octanol–water partition coefficient (Wildman–Crippen LogP) is 2.85. The van der Waals surface area contributed by atoms with Gasteiger partial charge < -0.3 is 10.1 Å². The molecule has 0 aromatic rings. The molecule has 1 aliphatic carbocycles. The molecule has 0 aromatic heterocycles. The lowest BCUT2D eigenvalue weighted by atomic mass is 9.75. The first kappa shape index (κ1) is 14.8. The fourth-order valence-electron chi connectivity index (χ4n) is 3.36. The number of carbonyl (C=O) groups excluding carboxylic acids is 1. The van der Waals surface area contributed by atoms with E-state index in [9.17, 15) is 4.79 Å². The predicted molar refractivity (Wildman–Crippen MR) is 76.7 cm³/mol. The van der Waals surface area contributed by atoms with Gasteiger partial charge in [-0.1, -0.05) is 34.1 Å². The number of esters is 1. The third-order valence-electron chi connectivity index (χ3n) is 5.12. The van der Waals surface area contributed by atoms with Crippen LogP contribution >= 0.6 is 0 Å². The summed E-state index contributed by atoms with van der Waals surface area (Å²) in [4.78, 5) is 12.3. The molecular weight excluding hydrogens is 238 g/mol. The molecule has 2 fully saturated rings. The van der Waals surface area contributed by atoms with E-state index in [-0.39, 0.29) is 18.0 Å². The molecule has 1 heterocycles. The lowest BCUT2D eigenvalue weighted by molar-refractivity contribution is -0.163. The summed E-state index contributed by atoms with van der Waals surface area (Å²) in [6.07, 6.45) is 3.67. The minimum atomic E-state index is 0.0243. The van der Waals surface area contributed by atoms with Gasteiger partial charge in [-0.15, -0.1) is 0 Å². The number of hydrogen-bond donors (Lipinski definition) is 1. The highest BCUT2D eigenvalue weighted by Crippen LogP contribution is 2.36. The first-order valence-corrected chi connectivity index (χ1v) is 7.90. The van der Waals surface area contributed by atoms with E-state index in [4.69, 9.17) is 4.74 Å². The molecule has 1 aliphatic heterocycles. The maximum Gasteiger partial charge on any atom is 0.309 e. The number of ether oxygens (including phenoxy) is 1. The van der Waals surface area contributed by atoms with E-state index in [1.54, 1.807) is 0 Å². The van der Waals surface area contributed by atoms with Gasteiger partial charge in [0.05, 0.1) is 5.92 Å². The zero-order valence-electron chi connectivity index (χ0n) is 12.8. The van der Waals surface area contributed by atoms with Gasteiger partial charge in [-0.25, -0.2) is 0 Å². The number of carbonyl (C=O) groups is 1. The summed E-state index contributed by atoms with van der Waals surface area (Å²) in [5, 5.41) is 3.23.